The van der Waals surface area contributed by atoms with Crippen molar-refractivity contribution in [3.05, 3.63) is 35.6 Å². The second-order valence-electron chi connectivity index (χ2n) is 4.20. The molecular formula is C12H15NO3S. The molecule has 2 aromatic rings. The Bertz CT molecular complexity index is 643. The van der Waals surface area contributed by atoms with Gasteiger partial charge in [0.1, 0.15) is 11.3 Å². The average molecular weight is 253 g/mol. The van der Waals surface area contributed by atoms with E-state index in [1.54, 1.807) is 6.92 Å². The fourth-order valence-corrected chi connectivity index (χ4v) is 2.73. The van der Waals surface area contributed by atoms with E-state index in [1.807, 2.05) is 31.2 Å². The SMILES string of the molecule is Cc1c(C(C)NS(C)(=O)=O)oc2ccccc12. The Kier molecular flexibility index (Phi) is 2.97. The van der Waals surface area contributed by atoms with E-state index >= 15 is 0 Å². The molecule has 5 heteroatoms. The van der Waals surface area contributed by atoms with Crippen molar-refractivity contribution in [2.24, 2.45) is 0 Å². The highest BCUT2D eigenvalue weighted by atomic mass is 32.2. The molecule has 0 bridgehead atoms. The molecule has 1 unspecified atom stereocenters. The first-order valence-corrected chi connectivity index (χ1v) is 7.23. The molecule has 0 radical (unpaired) electrons. The highest BCUT2D eigenvalue weighted by Gasteiger charge is 2.18. The van der Waals surface area contributed by atoms with Crippen LogP contribution in [-0.2, 0) is 10.0 Å². The van der Waals surface area contributed by atoms with Gasteiger partial charge in [0.2, 0.25) is 10.0 Å². The van der Waals surface area contributed by atoms with E-state index in [0.717, 1.165) is 22.8 Å². The second-order valence-corrected chi connectivity index (χ2v) is 5.98. The zero-order valence-electron chi connectivity index (χ0n) is 10.0. The number of nitrogens with one attached hydrogen (secondary N) is 1. The van der Waals surface area contributed by atoms with E-state index in [4.69, 9.17) is 4.42 Å². The number of hydrogen-bond donors (Lipinski definition) is 1. The summed E-state index contributed by atoms with van der Waals surface area (Å²) in [5, 5.41) is 1.02. The molecule has 0 aliphatic rings. The molecule has 0 saturated heterocycles. The Balaban J connectivity index is 2.45. The lowest BCUT2D eigenvalue weighted by atomic mass is 10.1. The van der Waals surface area contributed by atoms with Crippen molar-refractivity contribution in [3.63, 3.8) is 0 Å². The van der Waals surface area contributed by atoms with Gasteiger partial charge in [0.25, 0.3) is 0 Å². The first-order valence-electron chi connectivity index (χ1n) is 5.34. The molecule has 4 nitrogen and oxygen atoms in total. The van der Waals surface area contributed by atoms with E-state index in [9.17, 15) is 8.42 Å². The molecule has 92 valence electrons. The summed E-state index contributed by atoms with van der Waals surface area (Å²) in [6, 6.07) is 7.30. The van der Waals surface area contributed by atoms with Crippen LogP contribution in [0.5, 0.6) is 0 Å². The van der Waals surface area contributed by atoms with Gasteiger partial charge in [-0.05, 0) is 19.9 Å². The van der Waals surface area contributed by atoms with Crippen LogP contribution in [0.15, 0.2) is 28.7 Å². The van der Waals surface area contributed by atoms with Crippen LogP contribution in [0.25, 0.3) is 11.0 Å². The maximum absolute atomic E-state index is 11.2. The molecule has 0 fully saturated rings. The summed E-state index contributed by atoms with van der Waals surface area (Å²) >= 11 is 0. The van der Waals surface area contributed by atoms with E-state index < -0.39 is 10.0 Å². The predicted molar refractivity (Wildman–Crippen MR) is 67.3 cm³/mol. The van der Waals surface area contributed by atoms with Gasteiger partial charge in [-0.2, -0.15) is 0 Å². The highest BCUT2D eigenvalue weighted by Crippen LogP contribution is 2.29. The smallest absolute Gasteiger partial charge is 0.209 e. The minimum Gasteiger partial charge on any atom is -0.459 e. The van der Waals surface area contributed by atoms with Gasteiger partial charge in [-0.3, -0.25) is 0 Å². The molecule has 0 amide bonds. The van der Waals surface area contributed by atoms with Crippen LogP contribution in [0.3, 0.4) is 0 Å². The average Bonchev–Trinajstić information content (AvgIpc) is 2.55. The van der Waals surface area contributed by atoms with Crippen molar-refractivity contribution in [3.8, 4) is 0 Å². The molecule has 0 aliphatic carbocycles. The zero-order chi connectivity index (χ0) is 12.6. The van der Waals surface area contributed by atoms with E-state index in [-0.39, 0.29) is 6.04 Å². The van der Waals surface area contributed by atoms with Gasteiger partial charge in [-0.25, -0.2) is 13.1 Å². The lowest BCUT2D eigenvalue weighted by Gasteiger charge is -2.10. The summed E-state index contributed by atoms with van der Waals surface area (Å²) in [5.41, 5.74) is 1.76. The first-order chi connectivity index (χ1) is 7.88. The molecule has 0 saturated carbocycles. The summed E-state index contributed by atoms with van der Waals surface area (Å²) in [6.45, 7) is 3.70. The molecular weight excluding hydrogens is 238 g/mol. The quantitative estimate of drug-likeness (QED) is 0.913. The second kappa shape index (κ2) is 4.16. The molecule has 1 N–H and O–H groups in total. The van der Waals surface area contributed by atoms with Gasteiger partial charge in [0, 0.05) is 10.9 Å². The predicted octanol–water partition coefficient (Wildman–Crippen LogP) is 2.35. The van der Waals surface area contributed by atoms with Crippen molar-refractivity contribution in [2.75, 3.05) is 6.26 Å². The summed E-state index contributed by atoms with van der Waals surface area (Å²) < 4.78 is 30.6. The summed E-state index contributed by atoms with van der Waals surface area (Å²) in [7, 11) is -3.24. The summed E-state index contributed by atoms with van der Waals surface area (Å²) in [4.78, 5) is 0. The normalized spacial score (nSPS) is 14.1. The third kappa shape index (κ3) is 2.50. The maximum atomic E-state index is 11.2. The van der Waals surface area contributed by atoms with E-state index in [0.29, 0.717) is 5.76 Å². The van der Waals surface area contributed by atoms with Gasteiger partial charge in [0.05, 0.1) is 12.3 Å². The number of fused-ring (bicyclic) bond motifs is 1. The minimum absolute atomic E-state index is 0.364. The van der Waals surface area contributed by atoms with Crippen molar-refractivity contribution >= 4 is 21.0 Å². The first kappa shape index (κ1) is 12.1. The standard InChI is InChI=1S/C12H15NO3S/c1-8-10-6-4-5-7-11(10)16-12(8)9(2)13-17(3,14)15/h4-7,9,13H,1-3H3. The largest absolute Gasteiger partial charge is 0.459 e. The number of para-hydroxylation sites is 1. The third-order valence-electron chi connectivity index (χ3n) is 2.66. The molecule has 1 aromatic heterocycles. The number of aryl methyl sites for hydroxylation is 1. The lowest BCUT2D eigenvalue weighted by molar-refractivity contribution is 0.483. The zero-order valence-corrected chi connectivity index (χ0v) is 10.8. The highest BCUT2D eigenvalue weighted by molar-refractivity contribution is 7.88. The Hall–Kier alpha value is -1.33. The van der Waals surface area contributed by atoms with Gasteiger partial charge in [0.15, 0.2) is 0 Å². The van der Waals surface area contributed by atoms with Crippen LogP contribution in [0.1, 0.15) is 24.3 Å². The third-order valence-corrected chi connectivity index (χ3v) is 3.45. The van der Waals surface area contributed by atoms with Crippen LogP contribution in [0, 0.1) is 6.92 Å². The molecule has 1 heterocycles. The van der Waals surface area contributed by atoms with Gasteiger partial charge < -0.3 is 4.42 Å². The van der Waals surface area contributed by atoms with E-state index in [1.165, 1.54) is 0 Å². The molecule has 17 heavy (non-hydrogen) atoms. The van der Waals surface area contributed by atoms with Crippen molar-refractivity contribution in [1.29, 1.82) is 0 Å². The van der Waals surface area contributed by atoms with Crippen molar-refractivity contribution in [2.45, 2.75) is 19.9 Å². The topological polar surface area (TPSA) is 59.3 Å². The van der Waals surface area contributed by atoms with Crippen LogP contribution in [0.2, 0.25) is 0 Å². The molecule has 0 spiro atoms. The van der Waals surface area contributed by atoms with Crippen LogP contribution in [-0.4, -0.2) is 14.7 Å². The molecule has 1 aromatic carbocycles. The van der Waals surface area contributed by atoms with Crippen molar-refractivity contribution in [1.82, 2.24) is 4.72 Å². The van der Waals surface area contributed by atoms with Crippen molar-refractivity contribution < 1.29 is 12.8 Å². The fourth-order valence-electron chi connectivity index (χ4n) is 1.98. The summed E-state index contributed by atoms with van der Waals surface area (Å²) in [5.74, 6) is 0.664. The Morgan fingerprint density at radius 1 is 1.29 bits per heavy atom. The Morgan fingerprint density at radius 2 is 1.94 bits per heavy atom. The van der Waals surface area contributed by atoms with Crippen LogP contribution < -0.4 is 4.72 Å². The lowest BCUT2D eigenvalue weighted by Crippen LogP contribution is -2.25. The number of sulfonamides is 1. The number of benzene rings is 1. The fraction of sp³-hybridized carbons (Fsp3) is 0.333. The monoisotopic (exact) mass is 253 g/mol. The minimum atomic E-state index is -3.24. The Morgan fingerprint density at radius 3 is 2.53 bits per heavy atom. The molecule has 1 atom stereocenters. The molecule has 2 rings (SSSR count). The number of furan rings is 1. The molecule has 0 aliphatic heterocycles. The number of hydrogen-bond acceptors (Lipinski definition) is 3. The Labute approximate surface area is 101 Å². The van der Waals surface area contributed by atoms with Gasteiger partial charge in [-0.15, -0.1) is 0 Å². The number of rotatable bonds is 3. The maximum Gasteiger partial charge on any atom is 0.209 e. The van der Waals surface area contributed by atoms with Crippen LogP contribution in [0.4, 0.5) is 0 Å². The van der Waals surface area contributed by atoms with Crippen LogP contribution >= 0.6 is 0 Å². The summed E-state index contributed by atoms with van der Waals surface area (Å²) in [6.07, 6.45) is 1.14. The van der Waals surface area contributed by atoms with Gasteiger partial charge >= 0.3 is 0 Å². The van der Waals surface area contributed by atoms with E-state index in [2.05, 4.69) is 4.72 Å². The van der Waals surface area contributed by atoms with Gasteiger partial charge in [-0.1, -0.05) is 18.2 Å².